The Labute approximate surface area is 121 Å². The number of H-pyrrole nitrogens is 1. The van der Waals surface area contributed by atoms with Crippen LogP contribution in [-0.4, -0.2) is 21.2 Å². The highest BCUT2D eigenvalue weighted by atomic mass is 16.2. The maximum Gasteiger partial charge on any atom is 0.324 e. The van der Waals surface area contributed by atoms with E-state index in [1.165, 1.54) is 0 Å². The van der Waals surface area contributed by atoms with E-state index >= 15 is 0 Å². The van der Waals surface area contributed by atoms with Gasteiger partial charge < -0.3 is 5.32 Å². The summed E-state index contributed by atoms with van der Waals surface area (Å²) in [6, 6.07) is 11.0. The molecule has 0 spiro atoms. The zero-order chi connectivity index (χ0) is 14.8. The average molecular weight is 281 g/mol. The standard InChI is InChI=1S/C15H15N5O/c1-9-3-6-11(7-4-9)17-15(21)18-14-12-8-5-10(2)16-13(12)19-20-14/h3-8H,1-2H3,(H3,16,17,18,19,20,21). The van der Waals surface area contributed by atoms with Crippen LogP contribution in [0.2, 0.25) is 0 Å². The molecule has 1 aromatic carbocycles. The number of hydrogen-bond donors (Lipinski definition) is 3. The smallest absolute Gasteiger partial charge is 0.308 e. The summed E-state index contributed by atoms with van der Waals surface area (Å²) in [6.45, 7) is 3.90. The third kappa shape index (κ3) is 2.84. The highest BCUT2D eigenvalue weighted by Crippen LogP contribution is 2.19. The Hall–Kier alpha value is -2.89. The van der Waals surface area contributed by atoms with Crippen molar-refractivity contribution in [2.75, 3.05) is 10.6 Å². The Morgan fingerprint density at radius 2 is 1.81 bits per heavy atom. The summed E-state index contributed by atoms with van der Waals surface area (Å²) in [4.78, 5) is 16.3. The van der Waals surface area contributed by atoms with Crippen molar-refractivity contribution in [3.05, 3.63) is 47.7 Å². The van der Waals surface area contributed by atoms with E-state index in [4.69, 9.17) is 0 Å². The first-order chi connectivity index (χ1) is 10.1. The van der Waals surface area contributed by atoms with Crippen molar-refractivity contribution in [1.29, 1.82) is 0 Å². The summed E-state index contributed by atoms with van der Waals surface area (Å²) >= 11 is 0. The number of rotatable bonds is 2. The summed E-state index contributed by atoms with van der Waals surface area (Å²) < 4.78 is 0. The number of carbonyl (C=O) groups is 1. The molecule has 6 heteroatoms. The van der Waals surface area contributed by atoms with Crippen LogP contribution in [-0.2, 0) is 0 Å². The molecule has 2 amide bonds. The van der Waals surface area contributed by atoms with E-state index in [0.717, 1.165) is 22.3 Å². The zero-order valence-corrected chi connectivity index (χ0v) is 11.8. The van der Waals surface area contributed by atoms with E-state index < -0.39 is 0 Å². The van der Waals surface area contributed by atoms with Gasteiger partial charge in [-0.3, -0.25) is 10.4 Å². The first-order valence-corrected chi connectivity index (χ1v) is 6.58. The summed E-state index contributed by atoms with van der Waals surface area (Å²) in [5.41, 5.74) is 3.41. The van der Waals surface area contributed by atoms with E-state index in [-0.39, 0.29) is 6.03 Å². The van der Waals surface area contributed by atoms with Crippen LogP contribution < -0.4 is 10.6 Å². The molecular formula is C15H15N5O. The van der Waals surface area contributed by atoms with E-state index in [1.54, 1.807) is 0 Å². The minimum Gasteiger partial charge on any atom is -0.308 e. The molecule has 0 atom stereocenters. The van der Waals surface area contributed by atoms with Crippen LogP contribution in [0.25, 0.3) is 11.0 Å². The second-order valence-corrected chi connectivity index (χ2v) is 4.87. The molecule has 0 aliphatic heterocycles. The van der Waals surface area contributed by atoms with Gasteiger partial charge in [-0.1, -0.05) is 17.7 Å². The minimum absolute atomic E-state index is 0.340. The highest BCUT2D eigenvalue weighted by molar-refractivity contribution is 6.03. The fourth-order valence-corrected chi connectivity index (χ4v) is 2.00. The van der Waals surface area contributed by atoms with Crippen molar-refractivity contribution >= 4 is 28.6 Å². The van der Waals surface area contributed by atoms with Gasteiger partial charge in [0.15, 0.2) is 11.5 Å². The molecule has 3 rings (SSSR count). The number of hydrogen-bond acceptors (Lipinski definition) is 3. The molecule has 2 aromatic heterocycles. The number of amides is 2. The Bertz CT molecular complexity index is 791. The lowest BCUT2D eigenvalue weighted by Gasteiger charge is -2.06. The molecule has 0 saturated heterocycles. The van der Waals surface area contributed by atoms with Gasteiger partial charge in [0.25, 0.3) is 0 Å². The van der Waals surface area contributed by atoms with Crippen molar-refractivity contribution in [2.45, 2.75) is 13.8 Å². The van der Waals surface area contributed by atoms with Crippen molar-refractivity contribution < 1.29 is 4.79 Å². The lowest BCUT2D eigenvalue weighted by molar-refractivity contribution is 0.262. The van der Waals surface area contributed by atoms with Gasteiger partial charge in [0, 0.05) is 11.4 Å². The summed E-state index contributed by atoms with van der Waals surface area (Å²) in [5, 5.41) is 13.1. The van der Waals surface area contributed by atoms with Crippen LogP contribution >= 0.6 is 0 Å². The van der Waals surface area contributed by atoms with Crippen molar-refractivity contribution in [1.82, 2.24) is 15.2 Å². The lowest BCUT2D eigenvalue weighted by Crippen LogP contribution is -2.19. The summed E-state index contributed by atoms with van der Waals surface area (Å²) in [5.74, 6) is 0.460. The third-order valence-electron chi connectivity index (χ3n) is 3.10. The van der Waals surface area contributed by atoms with E-state index in [1.807, 2.05) is 50.2 Å². The number of benzene rings is 1. The first kappa shape index (κ1) is 13.1. The number of urea groups is 1. The molecule has 2 heterocycles. The normalized spacial score (nSPS) is 10.6. The van der Waals surface area contributed by atoms with Gasteiger partial charge in [-0.05, 0) is 38.1 Å². The molecule has 0 aliphatic carbocycles. The van der Waals surface area contributed by atoms with Crippen LogP contribution in [0.4, 0.5) is 16.3 Å². The molecule has 3 aromatic rings. The van der Waals surface area contributed by atoms with Crippen LogP contribution in [0.15, 0.2) is 36.4 Å². The number of fused-ring (bicyclic) bond motifs is 1. The SMILES string of the molecule is Cc1ccc(NC(=O)Nc2n[nH]c3nc(C)ccc23)cc1. The Kier molecular flexibility index (Phi) is 3.27. The topological polar surface area (TPSA) is 82.7 Å². The summed E-state index contributed by atoms with van der Waals surface area (Å²) in [6.07, 6.45) is 0. The highest BCUT2D eigenvalue weighted by Gasteiger charge is 2.10. The molecule has 0 saturated carbocycles. The molecule has 0 unspecified atom stereocenters. The molecule has 0 bridgehead atoms. The molecule has 0 fully saturated rings. The van der Waals surface area contributed by atoms with Gasteiger partial charge in [0.05, 0.1) is 5.39 Å². The minimum atomic E-state index is -0.340. The Morgan fingerprint density at radius 1 is 1.05 bits per heavy atom. The van der Waals surface area contributed by atoms with Gasteiger partial charge in [0.1, 0.15) is 0 Å². The van der Waals surface area contributed by atoms with E-state index in [2.05, 4.69) is 25.8 Å². The Balaban J connectivity index is 1.75. The number of aromatic nitrogens is 3. The third-order valence-corrected chi connectivity index (χ3v) is 3.10. The molecular weight excluding hydrogens is 266 g/mol. The predicted molar refractivity (Wildman–Crippen MR) is 82.4 cm³/mol. The monoisotopic (exact) mass is 281 g/mol. The molecule has 106 valence electrons. The number of nitrogens with zero attached hydrogens (tertiary/aromatic N) is 2. The maximum atomic E-state index is 12.0. The maximum absolute atomic E-state index is 12.0. The molecule has 0 radical (unpaired) electrons. The van der Waals surface area contributed by atoms with Gasteiger partial charge >= 0.3 is 6.03 Å². The number of aryl methyl sites for hydroxylation is 2. The van der Waals surface area contributed by atoms with Crippen LogP contribution in [0, 0.1) is 13.8 Å². The van der Waals surface area contributed by atoms with Crippen LogP contribution in [0.5, 0.6) is 0 Å². The van der Waals surface area contributed by atoms with Gasteiger partial charge in [0.2, 0.25) is 0 Å². The fraction of sp³-hybridized carbons (Fsp3) is 0.133. The molecule has 3 N–H and O–H groups in total. The van der Waals surface area contributed by atoms with Crippen molar-refractivity contribution in [2.24, 2.45) is 0 Å². The number of aromatic amines is 1. The summed E-state index contributed by atoms with van der Waals surface area (Å²) in [7, 11) is 0. The number of carbonyl (C=O) groups excluding carboxylic acids is 1. The number of anilines is 2. The quantitative estimate of drug-likeness (QED) is 0.674. The predicted octanol–water partition coefficient (Wildman–Crippen LogP) is 3.22. The second-order valence-electron chi connectivity index (χ2n) is 4.87. The van der Waals surface area contributed by atoms with Crippen molar-refractivity contribution in [3.63, 3.8) is 0 Å². The number of nitrogens with one attached hydrogen (secondary N) is 3. The lowest BCUT2D eigenvalue weighted by atomic mass is 10.2. The largest absolute Gasteiger partial charge is 0.324 e. The number of pyridine rings is 1. The second kappa shape index (κ2) is 5.24. The van der Waals surface area contributed by atoms with Crippen LogP contribution in [0.1, 0.15) is 11.3 Å². The van der Waals surface area contributed by atoms with Gasteiger partial charge in [-0.15, -0.1) is 0 Å². The first-order valence-electron chi connectivity index (χ1n) is 6.58. The van der Waals surface area contributed by atoms with Gasteiger partial charge in [-0.2, -0.15) is 5.10 Å². The fourth-order valence-electron chi connectivity index (χ4n) is 2.00. The molecule has 6 nitrogen and oxygen atoms in total. The van der Waals surface area contributed by atoms with Crippen LogP contribution in [0.3, 0.4) is 0 Å². The van der Waals surface area contributed by atoms with E-state index in [9.17, 15) is 4.79 Å². The van der Waals surface area contributed by atoms with E-state index in [0.29, 0.717) is 11.5 Å². The Morgan fingerprint density at radius 3 is 2.57 bits per heavy atom. The molecule has 21 heavy (non-hydrogen) atoms. The molecule has 0 aliphatic rings. The van der Waals surface area contributed by atoms with Crippen molar-refractivity contribution in [3.8, 4) is 0 Å². The van der Waals surface area contributed by atoms with Gasteiger partial charge in [-0.25, -0.2) is 9.78 Å². The average Bonchev–Trinajstić information content (AvgIpc) is 2.83. The zero-order valence-electron chi connectivity index (χ0n) is 11.8.